The molecule has 1 saturated carbocycles. The molecule has 0 heterocycles. The van der Waals surface area contributed by atoms with Crippen LogP contribution in [-0.4, -0.2) is 24.9 Å². The van der Waals surface area contributed by atoms with Gasteiger partial charge in [0.2, 0.25) is 11.8 Å². The highest BCUT2D eigenvalue weighted by Crippen LogP contribution is 2.46. The molecule has 0 aliphatic heterocycles. The van der Waals surface area contributed by atoms with Crippen LogP contribution in [0.4, 0.5) is 0 Å². The first kappa shape index (κ1) is 17.2. The highest BCUT2D eigenvalue weighted by Gasteiger charge is 2.56. The summed E-state index contributed by atoms with van der Waals surface area (Å²) in [5.74, 6) is -0.277. The van der Waals surface area contributed by atoms with Crippen molar-refractivity contribution < 1.29 is 9.59 Å². The fraction of sp³-hybridized carbons (Fsp3) is 0.333. The van der Waals surface area contributed by atoms with Gasteiger partial charge in [0.05, 0.1) is 0 Å². The highest BCUT2D eigenvalue weighted by atomic mass is 16.2. The second-order valence-corrected chi connectivity index (χ2v) is 6.57. The Morgan fingerprint density at radius 2 is 1.12 bits per heavy atom. The van der Waals surface area contributed by atoms with Crippen LogP contribution in [0.25, 0.3) is 0 Å². The molecule has 4 nitrogen and oxygen atoms in total. The van der Waals surface area contributed by atoms with Crippen molar-refractivity contribution in [2.24, 2.45) is 5.41 Å². The second-order valence-electron chi connectivity index (χ2n) is 6.57. The highest BCUT2D eigenvalue weighted by molar-refractivity contribution is 6.07. The van der Waals surface area contributed by atoms with Crippen molar-refractivity contribution in [2.75, 3.05) is 13.1 Å². The number of carbonyl (C=O) groups is 2. The van der Waals surface area contributed by atoms with Crippen molar-refractivity contribution in [3.63, 3.8) is 0 Å². The van der Waals surface area contributed by atoms with E-state index >= 15 is 0 Å². The monoisotopic (exact) mass is 336 g/mol. The van der Waals surface area contributed by atoms with Crippen molar-refractivity contribution in [2.45, 2.75) is 25.7 Å². The third-order valence-corrected chi connectivity index (χ3v) is 4.70. The van der Waals surface area contributed by atoms with E-state index in [0.717, 1.165) is 12.8 Å². The first-order valence-corrected chi connectivity index (χ1v) is 8.85. The molecular formula is C21H24N2O2. The third-order valence-electron chi connectivity index (χ3n) is 4.70. The predicted molar refractivity (Wildman–Crippen MR) is 98.0 cm³/mol. The number of rotatable bonds is 8. The number of hydrogen-bond acceptors (Lipinski definition) is 2. The Balaban J connectivity index is 1.42. The van der Waals surface area contributed by atoms with Gasteiger partial charge in [-0.05, 0) is 36.8 Å². The van der Waals surface area contributed by atoms with E-state index in [1.165, 1.54) is 11.1 Å². The maximum atomic E-state index is 12.4. The van der Waals surface area contributed by atoms with Crippen LogP contribution in [0.15, 0.2) is 60.7 Å². The second kappa shape index (κ2) is 7.97. The summed E-state index contributed by atoms with van der Waals surface area (Å²) in [6.07, 6.45) is 2.83. The van der Waals surface area contributed by atoms with Crippen LogP contribution in [0.1, 0.15) is 24.0 Å². The van der Waals surface area contributed by atoms with Gasteiger partial charge in [-0.25, -0.2) is 0 Å². The fourth-order valence-corrected chi connectivity index (χ4v) is 2.95. The summed E-state index contributed by atoms with van der Waals surface area (Å²) in [6.45, 7) is 1.11. The predicted octanol–water partition coefficient (Wildman–Crippen LogP) is 2.48. The lowest BCUT2D eigenvalue weighted by molar-refractivity contribution is -0.137. The van der Waals surface area contributed by atoms with Crippen molar-refractivity contribution in [3.8, 4) is 0 Å². The molecule has 2 N–H and O–H groups in total. The molecule has 3 rings (SSSR count). The van der Waals surface area contributed by atoms with Crippen molar-refractivity contribution in [1.29, 1.82) is 0 Å². The molecule has 2 aromatic carbocycles. The molecule has 1 fully saturated rings. The van der Waals surface area contributed by atoms with Crippen LogP contribution in [0.2, 0.25) is 0 Å². The molecule has 0 atom stereocenters. The minimum atomic E-state index is -0.840. The molecule has 1 aliphatic rings. The van der Waals surface area contributed by atoms with E-state index in [0.29, 0.717) is 25.9 Å². The average molecular weight is 336 g/mol. The molecule has 2 aromatic rings. The Morgan fingerprint density at radius 3 is 1.48 bits per heavy atom. The van der Waals surface area contributed by atoms with Gasteiger partial charge in [-0.1, -0.05) is 60.7 Å². The zero-order valence-electron chi connectivity index (χ0n) is 14.3. The SMILES string of the molecule is O=C(NCCc1ccccc1)C1(C(=O)NCCc2ccccc2)CC1. The molecule has 130 valence electrons. The van der Waals surface area contributed by atoms with Crippen LogP contribution < -0.4 is 10.6 Å². The lowest BCUT2D eigenvalue weighted by atomic mass is 10.0. The molecule has 2 amide bonds. The number of carbonyl (C=O) groups excluding carboxylic acids is 2. The average Bonchev–Trinajstić information content (AvgIpc) is 3.45. The molecule has 0 spiro atoms. The van der Waals surface area contributed by atoms with Crippen LogP contribution in [-0.2, 0) is 22.4 Å². The van der Waals surface area contributed by atoms with Crippen molar-refractivity contribution in [3.05, 3.63) is 71.8 Å². The Hall–Kier alpha value is -2.62. The normalized spacial score (nSPS) is 14.6. The minimum Gasteiger partial charge on any atom is -0.355 e. The quantitative estimate of drug-likeness (QED) is 0.728. The Labute approximate surface area is 148 Å². The van der Waals surface area contributed by atoms with Crippen LogP contribution in [0, 0.1) is 5.41 Å². The van der Waals surface area contributed by atoms with Crippen LogP contribution in [0.3, 0.4) is 0 Å². The van der Waals surface area contributed by atoms with E-state index in [4.69, 9.17) is 0 Å². The number of nitrogens with one attached hydrogen (secondary N) is 2. The third kappa shape index (κ3) is 4.47. The Morgan fingerprint density at radius 1 is 0.720 bits per heavy atom. The topological polar surface area (TPSA) is 58.2 Å². The summed E-state index contributed by atoms with van der Waals surface area (Å²) in [5, 5.41) is 5.85. The molecule has 4 heteroatoms. The van der Waals surface area contributed by atoms with Gasteiger partial charge in [-0.2, -0.15) is 0 Å². The Kier molecular flexibility index (Phi) is 5.49. The number of hydrogen-bond donors (Lipinski definition) is 2. The molecule has 0 radical (unpaired) electrons. The van der Waals surface area contributed by atoms with Gasteiger partial charge in [-0.15, -0.1) is 0 Å². The molecule has 0 bridgehead atoms. The standard InChI is InChI=1S/C21H24N2O2/c24-19(22-15-11-17-7-3-1-4-8-17)21(13-14-21)20(25)23-16-12-18-9-5-2-6-10-18/h1-10H,11-16H2,(H,22,24)(H,23,25). The van der Waals surface area contributed by atoms with E-state index in [-0.39, 0.29) is 11.8 Å². The number of benzene rings is 2. The molecular weight excluding hydrogens is 312 g/mol. The first-order chi connectivity index (χ1) is 12.2. The summed E-state index contributed by atoms with van der Waals surface area (Å²) < 4.78 is 0. The van der Waals surface area contributed by atoms with Crippen LogP contribution in [0.5, 0.6) is 0 Å². The van der Waals surface area contributed by atoms with E-state index < -0.39 is 5.41 Å². The van der Waals surface area contributed by atoms with E-state index in [9.17, 15) is 9.59 Å². The maximum absolute atomic E-state index is 12.4. The van der Waals surface area contributed by atoms with Gasteiger partial charge in [0.15, 0.2) is 0 Å². The fourth-order valence-electron chi connectivity index (χ4n) is 2.95. The van der Waals surface area contributed by atoms with E-state index in [1.54, 1.807) is 0 Å². The largest absolute Gasteiger partial charge is 0.355 e. The Bertz CT molecular complexity index is 650. The molecule has 0 saturated heterocycles. The molecule has 1 aliphatic carbocycles. The lowest BCUT2D eigenvalue weighted by Gasteiger charge is -2.15. The number of amides is 2. The van der Waals surface area contributed by atoms with E-state index in [1.807, 2.05) is 60.7 Å². The van der Waals surface area contributed by atoms with Gasteiger partial charge in [0, 0.05) is 13.1 Å². The molecule has 0 aromatic heterocycles. The molecule has 25 heavy (non-hydrogen) atoms. The first-order valence-electron chi connectivity index (χ1n) is 8.85. The van der Waals surface area contributed by atoms with Crippen LogP contribution >= 0.6 is 0 Å². The summed E-state index contributed by atoms with van der Waals surface area (Å²) in [7, 11) is 0. The summed E-state index contributed by atoms with van der Waals surface area (Å²) >= 11 is 0. The van der Waals surface area contributed by atoms with Gasteiger partial charge >= 0.3 is 0 Å². The summed E-state index contributed by atoms with van der Waals surface area (Å²) in [4.78, 5) is 24.8. The van der Waals surface area contributed by atoms with Crippen molar-refractivity contribution >= 4 is 11.8 Å². The van der Waals surface area contributed by atoms with Gasteiger partial charge < -0.3 is 10.6 Å². The zero-order valence-corrected chi connectivity index (χ0v) is 14.3. The molecule has 0 unspecified atom stereocenters. The van der Waals surface area contributed by atoms with Gasteiger partial charge in [0.25, 0.3) is 0 Å². The smallest absolute Gasteiger partial charge is 0.235 e. The van der Waals surface area contributed by atoms with Gasteiger partial charge in [0.1, 0.15) is 5.41 Å². The summed E-state index contributed by atoms with van der Waals surface area (Å²) in [5.41, 5.74) is 1.52. The zero-order chi connectivity index (χ0) is 17.5. The van der Waals surface area contributed by atoms with Gasteiger partial charge in [-0.3, -0.25) is 9.59 Å². The van der Waals surface area contributed by atoms with Crippen molar-refractivity contribution in [1.82, 2.24) is 10.6 Å². The minimum absolute atomic E-state index is 0.138. The summed E-state index contributed by atoms with van der Waals surface area (Å²) in [6, 6.07) is 20.0. The van der Waals surface area contributed by atoms with E-state index in [2.05, 4.69) is 10.6 Å². The maximum Gasteiger partial charge on any atom is 0.235 e. The lowest BCUT2D eigenvalue weighted by Crippen LogP contribution is -2.44.